The van der Waals surface area contributed by atoms with Crippen molar-refractivity contribution in [3.05, 3.63) is 137 Å². The van der Waals surface area contributed by atoms with E-state index < -0.39 is 42.9 Å². The van der Waals surface area contributed by atoms with Gasteiger partial charge in [0.15, 0.2) is 0 Å². The molecule has 6 rings (SSSR count). The summed E-state index contributed by atoms with van der Waals surface area (Å²) in [5.41, 5.74) is -2.22. The van der Waals surface area contributed by atoms with Crippen LogP contribution in [0.3, 0.4) is 0 Å². The third-order valence-corrected chi connectivity index (χ3v) is 15.0. The molecule has 2 heterocycles. The van der Waals surface area contributed by atoms with Crippen LogP contribution in [0, 0.1) is 0 Å². The fourth-order valence-electron chi connectivity index (χ4n) is 6.05. The van der Waals surface area contributed by atoms with E-state index in [1.54, 1.807) is 30.3 Å². The maximum absolute atomic E-state index is 14.8. The second kappa shape index (κ2) is 9.56. The maximum atomic E-state index is 14.8. The summed E-state index contributed by atoms with van der Waals surface area (Å²) in [5.74, 6) is 0. The van der Waals surface area contributed by atoms with Crippen molar-refractivity contribution in [2.24, 2.45) is 0 Å². The zero-order valence-corrected chi connectivity index (χ0v) is 24.6. The van der Waals surface area contributed by atoms with Crippen LogP contribution < -0.4 is 0 Å². The summed E-state index contributed by atoms with van der Waals surface area (Å²) in [6.45, 7) is 6.24. The minimum absolute atomic E-state index is 0.0311. The molecular formula is C33H28F6OS2. The van der Waals surface area contributed by atoms with Gasteiger partial charge >= 0.3 is 12.4 Å². The van der Waals surface area contributed by atoms with Crippen molar-refractivity contribution in [1.82, 2.24) is 0 Å². The summed E-state index contributed by atoms with van der Waals surface area (Å²) < 4.78 is 93.4. The number of rotatable bonds is 3. The monoisotopic (exact) mass is 618 g/mol. The smallest absolute Gasteiger partial charge is 0.292 e. The Hall–Kier alpha value is -2.88. The number of hydrogen-bond acceptors (Lipinski definition) is 2. The molecule has 2 aliphatic heterocycles. The van der Waals surface area contributed by atoms with Gasteiger partial charge in [0, 0.05) is 10.5 Å². The molecule has 1 spiro atoms. The Bertz CT molecular complexity index is 1580. The lowest BCUT2D eigenvalue weighted by Gasteiger charge is -2.64. The van der Waals surface area contributed by atoms with E-state index in [9.17, 15) is 26.3 Å². The van der Waals surface area contributed by atoms with E-state index in [1.807, 2.05) is 54.6 Å². The molecule has 2 aliphatic rings. The zero-order valence-electron chi connectivity index (χ0n) is 23.0. The Kier molecular flexibility index (Phi) is 6.65. The fraction of sp³-hybridized carbons (Fsp3) is 0.273. The van der Waals surface area contributed by atoms with Crippen LogP contribution in [0.1, 0.15) is 53.8 Å². The number of alkyl halides is 6. The Morgan fingerprint density at radius 3 is 1.69 bits per heavy atom. The van der Waals surface area contributed by atoms with Gasteiger partial charge in [0.05, 0.1) is 10.00 Å². The van der Waals surface area contributed by atoms with Crippen molar-refractivity contribution in [1.29, 1.82) is 0 Å². The molecule has 1 nitrogen and oxygen atoms in total. The standard InChI is InChI=1S/C33H28F6OS2/c1-29(2,3)23-18-20-25(21-19-23)30(24-14-8-5-9-15-24)28(22-12-6-4-7-13-22)42(41-30)27-17-11-10-16-26(27)31(40-42,32(34,35)36)33(37,38)39/h4-21,28H,1-3H3/t28-,30-/m0/s1. The molecule has 3 atom stereocenters. The van der Waals surface area contributed by atoms with Gasteiger partial charge in [-0.1, -0.05) is 135 Å². The summed E-state index contributed by atoms with van der Waals surface area (Å²) in [6.07, 6.45) is -11.5. The molecule has 0 radical (unpaired) electrons. The van der Waals surface area contributed by atoms with Crippen LogP contribution in [0.5, 0.6) is 0 Å². The van der Waals surface area contributed by atoms with Gasteiger partial charge < -0.3 is 0 Å². The van der Waals surface area contributed by atoms with Gasteiger partial charge in [-0.15, -0.1) is 0 Å². The molecule has 1 unspecified atom stereocenters. The Balaban J connectivity index is 1.66. The van der Waals surface area contributed by atoms with E-state index in [1.165, 1.54) is 18.2 Å². The van der Waals surface area contributed by atoms with E-state index in [-0.39, 0.29) is 10.3 Å². The molecule has 0 aliphatic carbocycles. The number of fused-ring (bicyclic) bond motifs is 2. The topological polar surface area (TPSA) is 9.23 Å². The van der Waals surface area contributed by atoms with Gasteiger partial charge in [-0.05, 0) is 43.1 Å². The van der Waals surface area contributed by atoms with E-state index in [4.69, 9.17) is 4.18 Å². The summed E-state index contributed by atoms with van der Waals surface area (Å²) in [4.78, 5) is -0.0311. The Labute approximate surface area is 246 Å². The summed E-state index contributed by atoms with van der Waals surface area (Å²) >= 11 is 0. The van der Waals surface area contributed by atoms with E-state index in [0.29, 0.717) is 5.56 Å². The van der Waals surface area contributed by atoms with Gasteiger partial charge in [-0.2, -0.15) is 26.3 Å². The van der Waals surface area contributed by atoms with Crippen LogP contribution in [0.25, 0.3) is 0 Å². The highest BCUT2D eigenvalue weighted by molar-refractivity contribution is 8.95. The van der Waals surface area contributed by atoms with Crippen LogP contribution in [0.2, 0.25) is 0 Å². The van der Waals surface area contributed by atoms with Crippen molar-refractivity contribution in [2.75, 3.05) is 0 Å². The van der Waals surface area contributed by atoms with Crippen molar-refractivity contribution in [3.8, 4) is 0 Å². The molecule has 0 N–H and O–H groups in total. The molecule has 0 amide bonds. The molecule has 4 aromatic carbocycles. The highest BCUT2D eigenvalue weighted by Gasteiger charge is 2.83. The van der Waals surface area contributed by atoms with E-state index in [0.717, 1.165) is 33.6 Å². The van der Waals surface area contributed by atoms with Crippen molar-refractivity contribution in [3.63, 3.8) is 0 Å². The Morgan fingerprint density at radius 1 is 0.643 bits per heavy atom. The highest BCUT2D eigenvalue weighted by Crippen LogP contribution is 2.98. The third kappa shape index (κ3) is 3.99. The zero-order chi connectivity index (χ0) is 30.2. The molecule has 220 valence electrons. The first kappa shape index (κ1) is 29.2. The van der Waals surface area contributed by atoms with Gasteiger partial charge in [0.25, 0.3) is 5.60 Å². The molecule has 0 aromatic heterocycles. The molecule has 0 bridgehead atoms. The van der Waals surface area contributed by atoms with Crippen LogP contribution in [-0.4, -0.2) is 12.4 Å². The maximum Gasteiger partial charge on any atom is 0.432 e. The minimum atomic E-state index is -5.74. The normalized spacial score (nSPS) is 26.7. The highest BCUT2D eigenvalue weighted by atomic mass is 33.2. The average Bonchev–Trinajstić information content (AvgIpc) is 3.26. The van der Waals surface area contributed by atoms with Crippen molar-refractivity contribution >= 4 is 20.1 Å². The second-order valence-corrected chi connectivity index (χ2v) is 16.6. The predicted octanol–water partition coefficient (Wildman–Crippen LogP) is 10.8. The third-order valence-electron chi connectivity index (χ3n) is 8.04. The molecule has 42 heavy (non-hydrogen) atoms. The van der Waals surface area contributed by atoms with Crippen molar-refractivity contribution < 1.29 is 30.5 Å². The largest absolute Gasteiger partial charge is 0.432 e. The van der Waals surface area contributed by atoms with Gasteiger partial charge in [-0.3, -0.25) is 4.18 Å². The fourth-order valence-corrected chi connectivity index (χ4v) is 14.5. The Morgan fingerprint density at radius 2 is 1.14 bits per heavy atom. The predicted molar refractivity (Wildman–Crippen MR) is 156 cm³/mol. The van der Waals surface area contributed by atoms with Gasteiger partial charge in [0.1, 0.15) is 0 Å². The molecule has 1 saturated heterocycles. The molecule has 9 heteroatoms. The first-order valence-electron chi connectivity index (χ1n) is 13.4. The van der Waals surface area contributed by atoms with Crippen LogP contribution in [0.4, 0.5) is 26.3 Å². The second-order valence-electron chi connectivity index (χ2n) is 11.6. The molecule has 0 saturated carbocycles. The first-order chi connectivity index (χ1) is 19.7. The van der Waals surface area contributed by atoms with E-state index in [2.05, 4.69) is 20.8 Å². The molecule has 4 aromatic rings. The first-order valence-corrected chi connectivity index (χ1v) is 16.3. The summed E-state index contributed by atoms with van der Waals surface area (Å²) in [7, 11) is -2.16. The minimum Gasteiger partial charge on any atom is -0.292 e. The average molecular weight is 619 g/mol. The SMILES string of the molecule is CC(C)(C)c1ccc([C@]2(c3ccccc3)SS3(OC(C(F)(F)F)(C(F)(F)F)c4ccccc43)[C@H]2c2ccccc2)cc1. The van der Waals surface area contributed by atoms with Crippen LogP contribution in [-0.2, 0) is 19.9 Å². The number of benzene rings is 4. The lowest BCUT2D eigenvalue weighted by Crippen LogP contribution is -2.55. The van der Waals surface area contributed by atoms with E-state index >= 15 is 0 Å². The van der Waals surface area contributed by atoms with Crippen molar-refractivity contribution in [2.45, 2.75) is 59.0 Å². The lowest BCUT2D eigenvalue weighted by molar-refractivity contribution is -0.361. The van der Waals surface area contributed by atoms with Gasteiger partial charge in [0.2, 0.25) is 0 Å². The quantitative estimate of drug-likeness (QED) is 0.167. The summed E-state index contributed by atoms with van der Waals surface area (Å²) in [5, 5.41) is -0.855. The lowest BCUT2D eigenvalue weighted by atomic mass is 9.81. The number of hydrogen-bond donors (Lipinski definition) is 0. The molecule has 1 fully saturated rings. The number of halogens is 6. The summed E-state index contributed by atoms with van der Waals surface area (Å²) in [6, 6.07) is 31.0. The van der Waals surface area contributed by atoms with Gasteiger partial charge in [-0.25, -0.2) is 0 Å². The molecular weight excluding hydrogens is 590 g/mol. The van der Waals surface area contributed by atoms with Crippen LogP contribution >= 0.6 is 20.1 Å². The van der Waals surface area contributed by atoms with Crippen LogP contribution in [0.15, 0.2) is 114 Å².